The van der Waals surface area contributed by atoms with Crippen LogP contribution in [0.25, 0.3) is 0 Å². The Morgan fingerprint density at radius 2 is 2.25 bits per heavy atom. The van der Waals surface area contributed by atoms with Gasteiger partial charge in [0.2, 0.25) is 0 Å². The molecule has 12 heavy (non-hydrogen) atoms. The van der Waals surface area contributed by atoms with Crippen LogP contribution in [0.2, 0.25) is 5.02 Å². The molecule has 0 saturated heterocycles. The first kappa shape index (κ1) is 10.0. The number of halogens is 2. The summed E-state index contributed by atoms with van der Waals surface area (Å²) in [5.74, 6) is 0. The van der Waals surface area contributed by atoms with E-state index in [1.54, 1.807) is 12.1 Å². The lowest BCUT2D eigenvalue weighted by molar-refractivity contribution is 0.173. The third-order valence-corrected chi connectivity index (χ3v) is 2.63. The van der Waals surface area contributed by atoms with Gasteiger partial charge < -0.3 is 5.11 Å². The standard InChI is InChI=1S/C9H10BrClO/c1-2-9(12)7-4-3-6(11)5-8(7)10/h3-5,9,12H,2H2,1H3. The van der Waals surface area contributed by atoms with Gasteiger partial charge in [0.1, 0.15) is 0 Å². The highest BCUT2D eigenvalue weighted by Gasteiger charge is 2.08. The number of hydrogen-bond acceptors (Lipinski definition) is 1. The summed E-state index contributed by atoms with van der Waals surface area (Å²) in [6.45, 7) is 1.94. The summed E-state index contributed by atoms with van der Waals surface area (Å²) >= 11 is 9.10. The summed E-state index contributed by atoms with van der Waals surface area (Å²) < 4.78 is 0.865. The molecular formula is C9H10BrClO. The van der Waals surface area contributed by atoms with Crippen LogP contribution in [0.1, 0.15) is 25.0 Å². The second kappa shape index (κ2) is 4.26. The average molecular weight is 250 g/mol. The van der Waals surface area contributed by atoms with Gasteiger partial charge in [-0.05, 0) is 24.1 Å². The van der Waals surface area contributed by atoms with Gasteiger partial charge in [0.25, 0.3) is 0 Å². The fourth-order valence-corrected chi connectivity index (χ4v) is 1.94. The van der Waals surface area contributed by atoms with Crippen LogP contribution in [0.3, 0.4) is 0 Å². The van der Waals surface area contributed by atoms with E-state index in [0.29, 0.717) is 11.4 Å². The predicted octanol–water partition coefficient (Wildman–Crippen LogP) is 3.55. The van der Waals surface area contributed by atoms with E-state index >= 15 is 0 Å². The third kappa shape index (κ3) is 2.22. The highest BCUT2D eigenvalue weighted by atomic mass is 79.9. The van der Waals surface area contributed by atoms with Crippen molar-refractivity contribution in [2.45, 2.75) is 19.4 Å². The molecule has 1 rings (SSSR count). The molecule has 3 heteroatoms. The third-order valence-electron chi connectivity index (χ3n) is 1.71. The summed E-state index contributed by atoms with van der Waals surface area (Å²) in [5, 5.41) is 10.2. The Hall–Kier alpha value is -0.0500. The molecule has 0 spiro atoms. The lowest BCUT2D eigenvalue weighted by Gasteiger charge is -2.09. The van der Waals surface area contributed by atoms with Crippen molar-refractivity contribution in [2.24, 2.45) is 0 Å². The molecule has 0 fully saturated rings. The maximum Gasteiger partial charge on any atom is 0.0798 e. The molecule has 1 aromatic carbocycles. The van der Waals surface area contributed by atoms with Crippen molar-refractivity contribution >= 4 is 27.5 Å². The number of benzene rings is 1. The molecule has 1 atom stereocenters. The second-order valence-electron chi connectivity index (χ2n) is 2.59. The largest absolute Gasteiger partial charge is 0.388 e. The topological polar surface area (TPSA) is 20.2 Å². The summed E-state index contributed by atoms with van der Waals surface area (Å²) in [5.41, 5.74) is 0.891. The Morgan fingerprint density at radius 3 is 2.75 bits per heavy atom. The first-order valence-electron chi connectivity index (χ1n) is 3.78. The van der Waals surface area contributed by atoms with Crippen LogP contribution < -0.4 is 0 Å². The van der Waals surface area contributed by atoms with Crippen molar-refractivity contribution in [3.05, 3.63) is 33.3 Å². The van der Waals surface area contributed by atoms with Crippen molar-refractivity contribution < 1.29 is 5.11 Å². The molecule has 0 aromatic heterocycles. The maximum absolute atomic E-state index is 9.53. The molecule has 0 radical (unpaired) electrons. The summed E-state index contributed by atoms with van der Waals surface area (Å²) in [4.78, 5) is 0. The number of aliphatic hydroxyl groups is 1. The fraction of sp³-hybridized carbons (Fsp3) is 0.333. The van der Waals surface area contributed by atoms with Crippen molar-refractivity contribution in [3.8, 4) is 0 Å². The van der Waals surface area contributed by atoms with Gasteiger partial charge in [-0.1, -0.05) is 40.5 Å². The second-order valence-corrected chi connectivity index (χ2v) is 3.88. The molecule has 0 saturated carbocycles. The maximum atomic E-state index is 9.53. The van der Waals surface area contributed by atoms with Crippen LogP contribution in [0, 0.1) is 0 Å². The van der Waals surface area contributed by atoms with Crippen LogP contribution in [-0.2, 0) is 0 Å². The van der Waals surface area contributed by atoms with Crippen LogP contribution in [0.15, 0.2) is 22.7 Å². The zero-order chi connectivity index (χ0) is 9.14. The van der Waals surface area contributed by atoms with Gasteiger partial charge in [-0.2, -0.15) is 0 Å². The lowest BCUT2D eigenvalue weighted by atomic mass is 10.1. The zero-order valence-electron chi connectivity index (χ0n) is 6.72. The van der Waals surface area contributed by atoms with Gasteiger partial charge in [-0.3, -0.25) is 0 Å². The summed E-state index contributed by atoms with van der Waals surface area (Å²) in [6, 6.07) is 5.40. The Bertz CT molecular complexity index is 275. The van der Waals surface area contributed by atoms with Crippen LogP contribution >= 0.6 is 27.5 Å². The molecule has 66 valence electrons. The normalized spacial score (nSPS) is 13.0. The van der Waals surface area contributed by atoms with E-state index < -0.39 is 6.10 Å². The molecular weight excluding hydrogens is 239 g/mol. The van der Waals surface area contributed by atoms with Gasteiger partial charge in [-0.15, -0.1) is 0 Å². The predicted molar refractivity (Wildman–Crippen MR) is 54.4 cm³/mol. The minimum atomic E-state index is -0.406. The van der Waals surface area contributed by atoms with Gasteiger partial charge in [0.05, 0.1) is 6.10 Å². The van der Waals surface area contributed by atoms with Gasteiger partial charge in [-0.25, -0.2) is 0 Å². The van der Waals surface area contributed by atoms with Crippen molar-refractivity contribution in [1.29, 1.82) is 0 Å². The van der Waals surface area contributed by atoms with Crippen LogP contribution in [0.5, 0.6) is 0 Å². The Labute approximate surface area is 85.5 Å². The molecule has 0 heterocycles. The number of aliphatic hydroxyl groups excluding tert-OH is 1. The Kier molecular flexibility index (Phi) is 3.56. The molecule has 1 aromatic rings. The summed E-state index contributed by atoms with van der Waals surface area (Å²) in [6.07, 6.45) is 0.303. The van der Waals surface area contributed by atoms with E-state index in [1.807, 2.05) is 13.0 Å². The number of rotatable bonds is 2. The number of hydrogen-bond donors (Lipinski definition) is 1. The molecule has 0 aliphatic rings. The molecule has 1 nitrogen and oxygen atoms in total. The Morgan fingerprint density at radius 1 is 1.58 bits per heavy atom. The highest BCUT2D eigenvalue weighted by molar-refractivity contribution is 9.10. The molecule has 0 aliphatic heterocycles. The zero-order valence-corrected chi connectivity index (χ0v) is 9.06. The lowest BCUT2D eigenvalue weighted by Crippen LogP contribution is -1.95. The molecule has 1 unspecified atom stereocenters. The highest BCUT2D eigenvalue weighted by Crippen LogP contribution is 2.27. The Balaban J connectivity index is 3.01. The van der Waals surface area contributed by atoms with Crippen molar-refractivity contribution in [3.63, 3.8) is 0 Å². The van der Waals surface area contributed by atoms with Gasteiger partial charge in [0, 0.05) is 9.50 Å². The van der Waals surface area contributed by atoms with E-state index in [1.165, 1.54) is 0 Å². The van der Waals surface area contributed by atoms with Crippen LogP contribution in [-0.4, -0.2) is 5.11 Å². The molecule has 0 aliphatic carbocycles. The first-order chi connectivity index (χ1) is 5.65. The first-order valence-corrected chi connectivity index (χ1v) is 4.95. The van der Waals surface area contributed by atoms with Crippen LogP contribution in [0.4, 0.5) is 0 Å². The fourth-order valence-electron chi connectivity index (χ4n) is 0.992. The van der Waals surface area contributed by atoms with Gasteiger partial charge >= 0.3 is 0 Å². The van der Waals surface area contributed by atoms with E-state index in [0.717, 1.165) is 10.0 Å². The van der Waals surface area contributed by atoms with E-state index in [2.05, 4.69) is 15.9 Å². The van der Waals surface area contributed by atoms with E-state index in [9.17, 15) is 5.11 Å². The van der Waals surface area contributed by atoms with Crippen molar-refractivity contribution in [1.82, 2.24) is 0 Å². The van der Waals surface area contributed by atoms with E-state index in [4.69, 9.17) is 11.6 Å². The van der Waals surface area contributed by atoms with E-state index in [-0.39, 0.29) is 0 Å². The minimum absolute atomic E-state index is 0.406. The molecule has 0 bridgehead atoms. The minimum Gasteiger partial charge on any atom is -0.388 e. The SMILES string of the molecule is CCC(O)c1ccc(Cl)cc1Br. The summed E-state index contributed by atoms with van der Waals surface area (Å²) in [7, 11) is 0. The monoisotopic (exact) mass is 248 g/mol. The average Bonchev–Trinajstić information content (AvgIpc) is 2.03. The smallest absolute Gasteiger partial charge is 0.0798 e. The van der Waals surface area contributed by atoms with Gasteiger partial charge in [0.15, 0.2) is 0 Å². The molecule has 1 N–H and O–H groups in total. The quantitative estimate of drug-likeness (QED) is 0.850. The molecule has 0 amide bonds. The van der Waals surface area contributed by atoms with Crippen molar-refractivity contribution in [2.75, 3.05) is 0 Å².